The number of aliphatic hydroxyl groups is 2. The molecule has 0 bridgehead atoms. The molecule has 2 aliphatic rings. The molecule has 0 saturated carbocycles. The van der Waals surface area contributed by atoms with E-state index in [-0.39, 0.29) is 17.9 Å². The minimum absolute atomic E-state index is 0.0963. The number of ether oxygens (including phenoxy) is 1. The van der Waals surface area contributed by atoms with Crippen LogP contribution < -0.4 is 5.32 Å². The van der Waals surface area contributed by atoms with Crippen molar-refractivity contribution in [1.29, 1.82) is 0 Å². The molecule has 2 saturated heterocycles. The van der Waals surface area contributed by atoms with Crippen LogP contribution >= 0.6 is 0 Å². The summed E-state index contributed by atoms with van der Waals surface area (Å²) in [5.74, 6) is 0.0366. The van der Waals surface area contributed by atoms with E-state index in [2.05, 4.69) is 25.3 Å². The number of nitrogens with zero attached hydrogens (tertiary/aromatic N) is 5. The van der Waals surface area contributed by atoms with Crippen LogP contribution in [-0.4, -0.2) is 72.9 Å². The molecule has 47 heavy (non-hydrogen) atoms. The third-order valence-corrected chi connectivity index (χ3v) is 8.89. The summed E-state index contributed by atoms with van der Waals surface area (Å²) in [6.45, 7) is 8.48. The number of carbonyl (C=O) groups excluding carboxylic acids is 1. The lowest BCUT2D eigenvalue weighted by Gasteiger charge is -2.41. The Morgan fingerprint density at radius 1 is 0.660 bits per heavy atom. The summed E-state index contributed by atoms with van der Waals surface area (Å²) in [5.41, 5.74) is -0.376. The number of hydrogen-bond acceptors (Lipinski definition) is 9. The first-order valence-corrected chi connectivity index (χ1v) is 16.4. The molecule has 0 aromatic carbocycles. The van der Waals surface area contributed by atoms with Crippen molar-refractivity contribution >= 4 is 6.09 Å². The van der Waals surface area contributed by atoms with E-state index in [1.165, 1.54) is 0 Å². The Morgan fingerprint density at radius 3 is 1.34 bits per heavy atom. The lowest BCUT2D eigenvalue weighted by Crippen LogP contribution is -2.47. The van der Waals surface area contributed by atoms with E-state index in [4.69, 9.17) is 4.74 Å². The molecular weight excluding hydrogens is 592 g/mol. The quantitative estimate of drug-likeness (QED) is 0.265. The molecule has 0 atom stereocenters. The van der Waals surface area contributed by atoms with Gasteiger partial charge in [0.2, 0.25) is 0 Å². The van der Waals surface area contributed by atoms with Crippen molar-refractivity contribution in [1.82, 2.24) is 30.2 Å². The van der Waals surface area contributed by atoms with Crippen LogP contribution in [0.5, 0.6) is 0 Å². The van der Waals surface area contributed by atoms with Crippen molar-refractivity contribution in [2.45, 2.75) is 63.3 Å². The van der Waals surface area contributed by atoms with Gasteiger partial charge in [0.25, 0.3) is 0 Å². The van der Waals surface area contributed by atoms with E-state index in [1.807, 2.05) is 93.6 Å². The maximum Gasteiger partial charge on any atom is 0.410 e. The van der Waals surface area contributed by atoms with E-state index in [0.29, 0.717) is 48.7 Å². The maximum atomic E-state index is 12.3. The molecule has 10 nitrogen and oxygen atoms in total. The Bertz CT molecular complexity index is 1440. The van der Waals surface area contributed by atoms with Crippen molar-refractivity contribution in [2.75, 3.05) is 26.2 Å². The Balaban J connectivity index is 0.000000193. The van der Waals surface area contributed by atoms with Gasteiger partial charge < -0.3 is 25.2 Å². The van der Waals surface area contributed by atoms with Crippen LogP contribution in [0.25, 0.3) is 0 Å². The van der Waals surface area contributed by atoms with Gasteiger partial charge in [0.15, 0.2) is 11.2 Å². The van der Waals surface area contributed by atoms with Gasteiger partial charge in [-0.2, -0.15) is 0 Å². The molecule has 3 N–H and O–H groups in total. The highest BCUT2D eigenvalue weighted by molar-refractivity contribution is 5.68. The fourth-order valence-corrected chi connectivity index (χ4v) is 6.50. The molecule has 4 aromatic rings. The molecule has 248 valence electrons. The predicted octanol–water partition coefficient (Wildman–Crippen LogP) is 5.07. The number of carbonyl (C=O) groups is 1. The maximum absolute atomic E-state index is 12.3. The van der Waals surface area contributed by atoms with Gasteiger partial charge in [0, 0.05) is 49.7 Å². The van der Waals surface area contributed by atoms with Crippen LogP contribution in [0.3, 0.4) is 0 Å². The number of aromatic nitrogens is 4. The number of piperidine rings is 2. The zero-order valence-electron chi connectivity index (χ0n) is 27.5. The van der Waals surface area contributed by atoms with E-state index >= 15 is 0 Å². The second kappa shape index (κ2) is 15.1. The smallest absolute Gasteiger partial charge is 0.410 e. The zero-order chi connectivity index (χ0) is 33.3. The highest BCUT2D eigenvalue weighted by atomic mass is 16.6. The van der Waals surface area contributed by atoms with Crippen LogP contribution in [0, 0.1) is 11.8 Å². The molecule has 0 radical (unpaired) electrons. The van der Waals surface area contributed by atoms with Gasteiger partial charge >= 0.3 is 6.09 Å². The number of pyridine rings is 4. The summed E-state index contributed by atoms with van der Waals surface area (Å²) < 4.78 is 5.47. The third-order valence-electron chi connectivity index (χ3n) is 8.89. The Labute approximate surface area is 277 Å². The topological polar surface area (TPSA) is 134 Å². The van der Waals surface area contributed by atoms with Crippen molar-refractivity contribution < 1.29 is 19.7 Å². The number of amides is 1. The van der Waals surface area contributed by atoms with Gasteiger partial charge in [-0.25, -0.2) is 4.79 Å². The second-order valence-corrected chi connectivity index (χ2v) is 13.2. The van der Waals surface area contributed by atoms with Crippen LogP contribution in [0.4, 0.5) is 4.79 Å². The van der Waals surface area contributed by atoms with Gasteiger partial charge in [-0.1, -0.05) is 24.3 Å². The minimum atomic E-state index is -1.29. The molecule has 1 amide bonds. The van der Waals surface area contributed by atoms with Gasteiger partial charge in [-0.05, 0) is 108 Å². The van der Waals surface area contributed by atoms with Gasteiger partial charge in [-0.15, -0.1) is 0 Å². The first-order valence-electron chi connectivity index (χ1n) is 16.4. The highest BCUT2D eigenvalue weighted by Crippen LogP contribution is 2.41. The van der Waals surface area contributed by atoms with Crippen LogP contribution in [0.1, 0.15) is 69.2 Å². The lowest BCUT2D eigenvalue weighted by molar-refractivity contribution is -0.0285. The van der Waals surface area contributed by atoms with Gasteiger partial charge in [-0.3, -0.25) is 19.9 Å². The molecular formula is C37H46N6O4. The van der Waals surface area contributed by atoms with Crippen molar-refractivity contribution in [2.24, 2.45) is 11.8 Å². The van der Waals surface area contributed by atoms with Crippen molar-refractivity contribution in [3.8, 4) is 0 Å². The van der Waals surface area contributed by atoms with E-state index in [1.54, 1.807) is 29.7 Å². The van der Waals surface area contributed by atoms with Crippen molar-refractivity contribution in [3.63, 3.8) is 0 Å². The SMILES string of the molecule is CC(C)(C)OC(=O)N1CCC(C(O)(c2ccccn2)c2ccccn2)CC1.OC(c1ccccn1)(c1ccccn1)C1CCNCC1. The Kier molecular flexibility index (Phi) is 11.0. The molecule has 2 fully saturated rings. The average Bonchev–Trinajstić information content (AvgIpc) is 3.12. The zero-order valence-corrected chi connectivity index (χ0v) is 27.5. The molecule has 0 spiro atoms. The fraction of sp³-hybridized carbons (Fsp3) is 0.432. The Morgan fingerprint density at radius 2 is 1.02 bits per heavy atom. The molecule has 0 aliphatic carbocycles. The number of likely N-dealkylation sites (tertiary alicyclic amines) is 1. The lowest BCUT2D eigenvalue weighted by atomic mass is 9.76. The first-order chi connectivity index (χ1) is 22.6. The molecule has 4 aromatic heterocycles. The van der Waals surface area contributed by atoms with Crippen LogP contribution in [0.2, 0.25) is 0 Å². The summed E-state index contributed by atoms with van der Waals surface area (Å²) in [5, 5.41) is 26.5. The summed E-state index contributed by atoms with van der Waals surface area (Å²) >= 11 is 0. The van der Waals surface area contributed by atoms with Gasteiger partial charge in [0.05, 0.1) is 22.8 Å². The minimum Gasteiger partial charge on any atom is -0.444 e. The predicted molar refractivity (Wildman–Crippen MR) is 179 cm³/mol. The third kappa shape index (κ3) is 8.01. The average molecular weight is 639 g/mol. The van der Waals surface area contributed by atoms with E-state index < -0.39 is 16.8 Å². The standard InChI is InChI=1S/C21H27N3O3.C16H19N3O/c1-20(2,3)27-19(25)24-14-10-16(11-15-24)21(26,17-8-4-6-12-22-17)18-9-5-7-13-23-18;20-16(13-7-11-17-12-8-13,14-5-1-3-9-18-14)15-6-2-4-10-19-15/h4-9,12-13,16,26H,10-11,14-15H2,1-3H3;1-6,9-10,13,17,20H,7-8,11-12H2. The highest BCUT2D eigenvalue weighted by Gasteiger charge is 2.45. The summed E-state index contributed by atoms with van der Waals surface area (Å²) in [6.07, 6.45) is 9.63. The molecule has 0 unspecified atom stereocenters. The molecule has 6 heterocycles. The normalized spacial score (nSPS) is 16.6. The summed E-state index contributed by atoms with van der Waals surface area (Å²) in [6, 6.07) is 22.4. The van der Waals surface area contributed by atoms with E-state index in [9.17, 15) is 15.0 Å². The Hall–Kier alpha value is -4.25. The molecule has 10 heteroatoms. The fourth-order valence-electron chi connectivity index (χ4n) is 6.50. The number of rotatable bonds is 6. The first kappa shape index (κ1) is 34.1. The largest absolute Gasteiger partial charge is 0.444 e. The van der Waals surface area contributed by atoms with Crippen molar-refractivity contribution in [3.05, 3.63) is 120 Å². The van der Waals surface area contributed by atoms with Gasteiger partial charge in [0.1, 0.15) is 5.60 Å². The molecule has 2 aliphatic heterocycles. The monoisotopic (exact) mass is 638 g/mol. The summed E-state index contributed by atoms with van der Waals surface area (Å²) in [7, 11) is 0. The molecule has 6 rings (SSSR count). The van der Waals surface area contributed by atoms with E-state index in [0.717, 1.165) is 25.9 Å². The van der Waals surface area contributed by atoms with Crippen LogP contribution in [0.15, 0.2) is 97.6 Å². The van der Waals surface area contributed by atoms with Crippen LogP contribution in [-0.2, 0) is 15.9 Å². The summed E-state index contributed by atoms with van der Waals surface area (Å²) in [4.78, 5) is 31.6. The number of hydrogen-bond donors (Lipinski definition) is 3. The number of nitrogens with one attached hydrogen (secondary N) is 1. The second-order valence-electron chi connectivity index (χ2n) is 13.2.